The summed E-state index contributed by atoms with van der Waals surface area (Å²) in [5, 5.41) is 13.0. The lowest BCUT2D eigenvalue weighted by Crippen LogP contribution is -2.13. The zero-order chi connectivity index (χ0) is 19.1. The molecule has 1 amide bonds. The molecule has 0 bridgehead atoms. The van der Waals surface area contributed by atoms with Gasteiger partial charge in [0.1, 0.15) is 10.6 Å². The predicted octanol–water partition coefficient (Wildman–Crippen LogP) is 2.94. The van der Waals surface area contributed by atoms with Gasteiger partial charge in [-0.25, -0.2) is 0 Å². The Hall–Kier alpha value is -3.10. The number of nitrogens with two attached hydrogens (primary N) is 1. The van der Waals surface area contributed by atoms with Gasteiger partial charge in [-0.2, -0.15) is 8.42 Å². The molecular formula is C18H16N2O5S. The number of phenols is 1. The van der Waals surface area contributed by atoms with E-state index in [-0.39, 0.29) is 27.1 Å². The molecule has 0 aliphatic heterocycles. The van der Waals surface area contributed by atoms with Gasteiger partial charge in [0.25, 0.3) is 16.0 Å². The SMILES string of the molecule is Cc1cc(C(=O)Nc2cccc3c(S(=O)(=O)O)ccc(O)c23)ccc1N. The van der Waals surface area contributed by atoms with Crippen LogP contribution in [0.4, 0.5) is 11.4 Å². The molecule has 0 atom stereocenters. The summed E-state index contributed by atoms with van der Waals surface area (Å²) in [7, 11) is -4.49. The lowest BCUT2D eigenvalue weighted by Gasteiger charge is -2.12. The Bertz CT molecular complexity index is 1140. The predicted molar refractivity (Wildman–Crippen MR) is 99.0 cm³/mol. The molecule has 0 saturated carbocycles. The number of hydrogen-bond acceptors (Lipinski definition) is 5. The largest absolute Gasteiger partial charge is 0.507 e. The number of rotatable bonds is 3. The first-order valence-corrected chi connectivity index (χ1v) is 9.02. The van der Waals surface area contributed by atoms with Crippen molar-refractivity contribution in [3.8, 4) is 5.75 Å². The zero-order valence-corrected chi connectivity index (χ0v) is 14.5. The number of phenolic OH excluding ortho intramolecular Hbond substituents is 1. The van der Waals surface area contributed by atoms with Crippen molar-refractivity contribution in [1.29, 1.82) is 0 Å². The Balaban J connectivity index is 2.11. The summed E-state index contributed by atoms with van der Waals surface area (Å²) in [5.41, 5.74) is 7.62. The normalized spacial score (nSPS) is 11.5. The molecule has 0 aliphatic carbocycles. The fourth-order valence-electron chi connectivity index (χ4n) is 2.70. The molecule has 0 aliphatic rings. The number of hydrogen-bond donors (Lipinski definition) is 4. The number of aromatic hydroxyl groups is 1. The second-order valence-corrected chi connectivity index (χ2v) is 7.20. The summed E-state index contributed by atoms with van der Waals surface area (Å²) >= 11 is 0. The number of carbonyl (C=O) groups excluding carboxylic acids is 1. The topological polar surface area (TPSA) is 130 Å². The first-order valence-electron chi connectivity index (χ1n) is 7.58. The fourth-order valence-corrected chi connectivity index (χ4v) is 3.39. The van der Waals surface area contributed by atoms with Crippen LogP contribution in [0.3, 0.4) is 0 Å². The van der Waals surface area contributed by atoms with Crippen LogP contribution in [0.1, 0.15) is 15.9 Å². The summed E-state index contributed by atoms with van der Waals surface area (Å²) in [6.07, 6.45) is 0. The van der Waals surface area contributed by atoms with E-state index in [4.69, 9.17) is 5.73 Å². The van der Waals surface area contributed by atoms with Gasteiger partial charge in [0.2, 0.25) is 0 Å². The Morgan fingerprint density at radius 2 is 1.85 bits per heavy atom. The zero-order valence-electron chi connectivity index (χ0n) is 13.7. The van der Waals surface area contributed by atoms with Crippen molar-refractivity contribution in [2.45, 2.75) is 11.8 Å². The monoisotopic (exact) mass is 372 g/mol. The number of carbonyl (C=O) groups is 1. The van der Waals surface area contributed by atoms with Gasteiger partial charge in [0.15, 0.2) is 0 Å². The summed E-state index contributed by atoms with van der Waals surface area (Å²) in [5.74, 6) is -0.672. The first-order chi connectivity index (χ1) is 12.2. The molecule has 0 fully saturated rings. The Morgan fingerprint density at radius 1 is 1.12 bits per heavy atom. The van der Waals surface area contributed by atoms with Gasteiger partial charge in [0.05, 0.1) is 5.69 Å². The van der Waals surface area contributed by atoms with E-state index in [2.05, 4.69) is 5.32 Å². The number of amides is 1. The van der Waals surface area contributed by atoms with Gasteiger partial charge < -0.3 is 16.2 Å². The van der Waals surface area contributed by atoms with Gasteiger partial charge in [0, 0.05) is 22.0 Å². The molecule has 0 spiro atoms. The molecule has 3 rings (SSSR count). The van der Waals surface area contributed by atoms with E-state index in [1.54, 1.807) is 25.1 Å². The summed E-state index contributed by atoms with van der Waals surface area (Å²) in [4.78, 5) is 12.2. The van der Waals surface area contributed by atoms with Crippen molar-refractivity contribution in [2.75, 3.05) is 11.1 Å². The minimum atomic E-state index is -4.49. The van der Waals surface area contributed by atoms with Crippen LogP contribution in [-0.2, 0) is 10.1 Å². The highest BCUT2D eigenvalue weighted by Gasteiger charge is 2.19. The molecule has 0 unspecified atom stereocenters. The van der Waals surface area contributed by atoms with Crippen LogP contribution in [0.15, 0.2) is 53.4 Å². The maximum absolute atomic E-state index is 12.5. The molecule has 0 radical (unpaired) electrons. The molecule has 7 nitrogen and oxygen atoms in total. The second kappa shape index (κ2) is 6.32. The first kappa shape index (κ1) is 17.7. The number of anilines is 2. The van der Waals surface area contributed by atoms with Crippen molar-refractivity contribution < 1.29 is 22.9 Å². The minimum absolute atomic E-state index is 0.0961. The number of aryl methyl sites for hydroxylation is 1. The molecule has 26 heavy (non-hydrogen) atoms. The van der Waals surface area contributed by atoms with Crippen LogP contribution in [-0.4, -0.2) is 24.0 Å². The summed E-state index contributed by atoms with van der Waals surface area (Å²) in [6, 6.07) is 11.5. The Labute approximate surface area is 149 Å². The third kappa shape index (κ3) is 3.19. The van der Waals surface area contributed by atoms with Crippen molar-refractivity contribution in [3.05, 3.63) is 59.7 Å². The van der Waals surface area contributed by atoms with Crippen LogP contribution in [0.5, 0.6) is 5.75 Å². The van der Waals surface area contributed by atoms with E-state index in [1.165, 1.54) is 18.2 Å². The van der Waals surface area contributed by atoms with Gasteiger partial charge in [-0.3, -0.25) is 9.35 Å². The Morgan fingerprint density at radius 3 is 2.50 bits per heavy atom. The molecule has 3 aromatic carbocycles. The van der Waals surface area contributed by atoms with Crippen LogP contribution in [0.25, 0.3) is 10.8 Å². The molecule has 5 N–H and O–H groups in total. The molecule has 3 aromatic rings. The van der Waals surface area contributed by atoms with Gasteiger partial charge in [-0.15, -0.1) is 0 Å². The van der Waals surface area contributed by atoms with E-state index in [9.17, 15) is 22.9 Å². The quantitative estimate of drug-likeness (QED) is 0.413. The molecular weight excluding hydrogens is 356 g/mol. The Kier molecular flexibility index (Phi) is 4.31. The van der Waals surface area contributed by atoms with Crippen LogP contribution in [0, 0.1) is 6.92 Å². The lowest BCUT2D eigenvalue weighted by molar-refractivity contribution is 0.102. The average Bonchev–Trinajstić information content (AvgIpc) is 2.56. The third-order valence-electron chi connectivity index (χ3n) is 4.04. The van der Waals surface area contributed by atoms with E-state index in [0.717, 1.165) is 17.7 Å². The molecule has 0 aromatic heterocycles. The lowest BCUT2D eigenvalue weighted by atomic mass is 10.1. The third-order valence-corrected chi connectivity index (χ3v) is 4.95. The van der Waals surface area contributed by atoms with E-state index in [0.29, 0.717) is 11.3 Å². The second-order valence-electron chi connectivity index (χ2n) is 5.81. The summed E-state index contributed by atoms with van der Waals surface area (Å²) in [6.45, 7) is 1.77. The van der Waals surface area contributed by atoms with Crippen LogP contribution < -0.4 is 11.1 Å². The fraction of sp³-hybridized carbons (Fsp3) is 0.0556. The van der Waals surface area contributed by atoms with Crippen molar-refractivity contribution in [1.82, 2.24) is 0 Å². The highest BCUT2D eigenvalue weighted by molar-refractivity contribution is 7.86. The minimum Gasteiger partial charge on any atom is -0.507 e. The van der Waals surface area contributed by atoms with E-state index in [1.807, 2.05) is 0 Å². The molecule has 8 heteroatoms. The molecule has 134 valence electrons. The van der Waals surface area contributed by atoms with Crippen molar-refractivity contribution >= 4 is 38.2 Å². The van der Waals surface area contributed by atoms with Gasteiger partial charge in [-0.05, 0) is 48.9 Å². The van der Waals surface area contributed by atoms with Crippen LogP contribution >= 0.6 is 0 Å². The number of benzene rings is 3. The number of fused-ring (bicyclic) bond motifs is 1. The van der Waals surface area contributed by atoms with Crippen LogP contribution in [0.2, 0.25) is 0 Å². The van der Waals surface area contributed by atoms with Crippen molar-refractivity contribution in [3.63, 3.8) is 0 Å². The summed E-state index contributed by atoms with van der Waals surface area (Å²) < 4.78 is 32.5. The van der Waals surface area contributed by atoms with E-state index >= 15 is 0 Å². The maximum Gasteiger partial charge on any atom is 0.295 e. The van der Waals surface area contributed by atoms with Gasteiger partial charge >= 0.3 is 0 Å². The van der Waals surface area contributed by atoms with E-state index < -0.39 is 16.0 Å². The maximum atomic E-state index is 12.5. The molecule has 0 saturated heterocycles. The highest BCUT2D eigenvalue weighted by Crippen LogP contribution is 2.35. The number of nitrogens with one attached hydrogen (secondary N) is 1. The number of nitrogen functional groups attached to an aromatic ring is 1. The standard InChI is InChI=1S/C18H16N2O5S/c1-10-9-11(5-6-13(10)19)18(22)20-14-4-2-3-12-16(26(23,24)25)8-7-15(21)17(12)14/h2-9,21H,19H2,1H3,(H,20,22)(H,23,24,25). The van der Waals surface area contributed by atoms with Gasteiger partial charge in [-0.1, -0.05) is 12.1 Å². The van der Waals surface area contributed by atoms with Crippen molar-refractivity contribution in [2.24, 2.45) is 0 Å². The average molecular weight is 372 g/mol. The smallest absolute Gasteiger partial charge is 0.295 e. The highest BCUT2D eigenvalue weighted by atomic mass is 32.2. The molecule has 0 heterocycles.